The summed E-state index contributed by atoms with van der Waals surface area (Å²) in [5.41, 5.74) is 17.3. The van der Waals surface area contributed by atoms with E-state index in [1.54, 1.807) is 11.1 Å². The van der Waals surface area contributed by atoms with Crippen molar-refractivity contribution in [2.45, 2.75) is 94.8 Å². The Kier molecular flexibility index (Phi) is 6.07. The van der Waals surface area contributed by atoms with Crippen LogP contribution in [0.5, 0.6) is 11.5 Å². The van der Waals surface area contributed by atoms with Crippen molar-refractivity contribution in [3.05, 3.63) is 114 Å². The van der Waals surface area contributed by atoms with E-state index in [-0.39, 0.29) is 17.7 Å². The minimum absolute atomic E-state index is 0.0448. The molecule has 5 fully saturated rings. The molecule has 0 radical (unpaired) electrons. The van der Waals surface area contributed by atoms with Crippen LogP contribution in [0.15, 0.2) is 108 Å². The zero-order valence-electron chi connectivity index (χ0n) is 35.0. The summed E-state index contributed by atoms with van der Waals surface area (Å²) in [5.74, 6) is 6.30. The van der Waals surface area contributed by atoms with Crippen LogP contribution in [-0.2, 0) is 10.8 Å². The van der Waals surface area contributed by atoms with Crippen molar-refractivity contribution in [3.8, 4) is 22.6 Å². The van der Waals surface area contributed by atoms with Crippen LogP contribution in [-0.4, -0.2) is 11.3 Å². The van der Waals surface area contributed by atoms with E-state index >= 15 is 0 Å². The van der Waals surface area contributed by atoms with Crippen LogP contribution in [0, 0.1) is 29.6 Å². The number of ether oxygens (including phenoxy) is 1. The second kappa shape index (κ2) is 11.1. The fourth-order valence-electron chi connectivity index (χ4n) is 16.3. The Labute approximate surface area is 357 Å². The van der Waals surface area contributed by atoms with Crippen molar-refractivity contribution >= 4 is 78.6 Å². The zero-order valence-corrected chi connectivity index (χ0v) is 35.0. The van der Waals surface area contributed by atoms with Gasteiger partial charge < -0.3 is 18.5 Å². The number of nitrogens with zero attached hydrogens (tertiary/aromatic N) is 2. The summed E-state index contributed by atoms with van der Waals surface area (Å²) in [4.78, 5) is 2.54. The summed E-state index contributed by atoms with van der Waals surface area (Å²) in [6.45, 7) is 2.44. The van der Waals surface area contributed by atoms with Crippen molar-refractivity contribution in [1.82, 2.24) is 4.48 Å². The van der Waals surface area contributed by atoms with E-state index in [1.807, 2.05) is 0 Å². The van der Waals surface area contributed by atoms with Gasteiger partial charge in [0.1, 0.15) is 11.2 Å². The first-order valence-corrected chi connectivity index (χ1v) is 23.9. The zero-order chi connectivity index (χ0) is 39.5. The lowest BCUT2D eigenvalue weighted by atomic mass is 9.44. The van der Waals surface area contributed by atoms with Gasteiger partial charge in [-0.15, -0.1) is 0 Å². The molecular weight excluding hydrogens is 743 g/mol. The molecule has 6 aromatic carbocycles. The molecule has 0 saturated heterocycles. The average Bonchev–Trinajstić information content (AvgIpc) is 4.01. The summed E-state index contributed by atoms with van der Waals surface area (Å²) in [7, 11) is 0. The van der Waals surface area contributed by atoms with Crippen LogP contribution in [0.25, 0.3) is 54.9 Å². The van der Waals surface area contributed by atoms with Gasteiger partial charge in [-0.25, -0.2) is 0 Å². The molecule has 3 aliphatic heterocycles. The normalized spacial score (nSPS) is 29.4. The van der Waals surface area contributed by atoms with E-state index in [1.165, 1.54) is 143 Å². The molecule has 5 bridgehead atoms. The maximum atomic E-state index is 7.20. The van der Waals surface area contributed by atoms with E-state index in [9.17, 15) is 0 Å². The first-order chi connectivity index (χ1) is 30.0. The number of para-hydroxylation sites is 4. The Balaban J connectivity index is 1.06. The molecule has 0 spiro atoms. The quantitative estimate of drug-likeness (QED) is 0.167. The summed E-state index contributed by atoms with van der Waals surface area (Å²) in [6.07, 6.45) is 16.6. The van der Waals surface area contributed by atoms with Crippen molar-refractivity contribution in [3.63, 3.8) is 0 Å². The lowest BCUT2D eigenvalue weighted by Gasteiger charge is -2.46. The molecule has 5 saturated carbocycles. The highest BCUT2D eigenvalue weighted by atomic mass is 16.5. The molecule has 298 valence electrons. The summed E-state index contributed by atoms with van der Waals surface area (Å²) in [5, 5.41) is 5.29. The molecule has 6 atom stereocenters. The molecule has 6 unspecified atom stereocenters. The molecule has 5 heterocycles. The van der Waals surface area contributed by atoms with Crippen LogP contribution in [0.2, 0.25) is 0 Å². The lowest BCUT2D eigenvalue weighted by molar-refractivity contribution is 0.139. The Morgan fingerprint density at radius 2 is 1.51 bits per heavy atom. The van der Waals surface area contributed by atoms with Crippen molar-refractivity contribution in [2.75, 3.05) is 4.90 Å². The van der Waals surface area contributed by atoms with Crippen molar-refractivity contribution in [1.29, 1.82) is 0 Å². The van der Waals surface area contributed by atoms with Crippen LogP contribution in [0.4, 0.5) is 17.1 Å². The van der Waals surface area contributed by atoms with Crippen LogP contribution in [0.1, 0.15) is 95.1 Å². The minimum Gasteiger partial charge on any atom is -0.455 e. The van der Waals surface area contributed by atoms with Gasteiger partial charge in [0.05, 0.1) is 11.4 Å². The average molecular weight is 793 g/mol. The van der Waals surface area contributed by atoms with Crippen molar-refractivity contribution < 1.29 is 9.15 Å². The van der Waals surface area contributed by atoms with E-state index in [0.29, 0.717) is 0 Å². The maximum absolute atomic E-state index is 7.20. The molecule has 2 aromatic heterocycles. The third kappa shape index (κ3) is 4.03. The number of fused-ring (bicyclic) bond motifs is 17. The SMILES string of the molecule is CCC1(c2ccc3c(c2)c2cc(C45CCC6CC(CC6C4)C5)cc4c2n3B2c3cccc5c3N(c3ccccc3O5)c3cc5c(oc6ccccc65)c-4c32)CC2CCC(C2)C1. The second-order valence-corrected chi connectivity index (χ2v) is 21.4. The molecule has 61 heavy (non-hydrogen) atoms. The summed E-state index contributed by atoms with van der Waals surface area (Å²) >= 11 is 0. The predicted octanol–water partition coefficient (Wildman–Crippen LogP) is 13.5. The molecular formula is C56H49BN2O2. The van der Waals surface area contributed by atoms with Crippen molar-refractivity contribution in [2.24, 2.45) is 29.6 Å². The molecule has 16 rings (SSSR count). The Hall–Kier alpha value is -5.42. The number of rotatable bonds is 3. The highest BCUT2D eigenvalue weighted by Gasteiger charge is 2.54. The fraction of sp³-hybridized carbons (Fsp3) is 0.357. The van der Waals surface area contributed by atoms with Gasteiger partial charge in [0.2, 0.25) is 0 Å². The molecule has 5 heteroatoms. The number of anilines is 3. The van der Waals surface area contributed by atoms with Gasteiger partial charge in [0.15, 0.2) is 11.5 Å². The standard InChI is InChI=1S/C56H49BN2O2/c1-2-55(27-31-14-15-32(20-31)28-55)36-16-17-44-39(23-36)40-24-37(56-19-18-34-21-33(29-56)22-35(34)30-56)25-42-50-51-46(26-41-38-8-3-5-11-47(38)61-54(41)50)58-45-10-4-6-12-48(45)60-49-13-7-9-43(53(49)58)57(51)59(44)52(40)42/h3-13,16-17,23-26,31-35H,2,14-15,18-22,27-30H2,1H3. The van der Waals surface area contributed by atoms with Gasteiger partial charge >= 0.3 is 6.85 Å². The number of hydrogen-bond donors (Lipinski definition) is 0. The molecule has 8 aliphatic rings. The van der Waals surface area contributed by atoms with Gasteiger partial charge in [-0.05, 0) is 181 Å². The van der Waals surface area contributed by atoms with Gasteiger partial charge in [-0.1, -0.05) is 68.3 Å². The smallest absolute Gasteiger partial charge is 0.333 e. The summed E-state index contributed by atoms with van der Waals surface area (Å²) in [6, 6.07) is 39.9. The highest BCUT2D eigenvalue weighted by molar-refractivity contribution is 6.90. The Morgan fingerprint density at radius 3 is 2.43 bits per heavy atom. The topological polar surface area (TPSA) is 30.5 Å². The molecule has 8 aromatic rings. The van der Waals surface area contributed by atoms with E-state index < -0.39 is 0 Å². The Bertz CT molecular complexity index is 3280. The molecule has 0 amide bonds. The van der Waals surface area contributed by atoms with Crippen LogP contribution < -0.4 is 20.6 Å². The third-order valence-corrected chi connectivity index (χ3v) is 18.7. The number of hydrogen-bond acceptors (Lipinski definition) is 3. The largest absolute Gasteiger partial charge is 0.455 e. The maximum Gasteiger partial charge on any atom is 0.333 e. The van der Waals surface area contributed by atoms with E-state index in [4.69, 9.17) is 9.15 Å². The van der Waals surface area contributed by atoms with E-state index in [0.717, 1.165) is 57.9 Å². The lowest BCUT2D eigenvalue weighted by Crippen LogP contribution is -2.57. The number of benzene rings is 6. The third-order valence-electron chi connectivity index (χ3n) is 18.7. The van der Waals surface area contributed by atoms with Crippen LogP contribution in [0.3, 0.4) is 0 Å². The van der Waals surface area contributed by atoms with Gasteiger partial charge in [-0.2, -0.15) is 0 Å². The minimum atomic E-state index is -0.0448. The first kappa shape index (κ1) is 33.2. The van der Waals surface area contributed by atoms with Gasteiger partial charge in [0.25, 0.3) is 0 Å². The first-order valence-electron chi connectivity index (χ1n) is 23.9. The summed E-state index contributed by atoms with van der Waals surface area (Å²) < 4.78 is 16.8. The molecule has 0 N–H and O–H groups in total. The Morgan fingerprint density at radius 1 is 0.672 bits per heavy atom. The monoisotopic (exact) mass is 792 g/mol. The second-order valence-electron chi connectivity index (χ2n) is 21.4. The molecule has 5 aliphatic carbocycles. The molecule has 4 nitrogen and oxygen atoms in total. The van der Waals surface area contributed by atoms with Crippen LogP contribution >= 0.6 is 0 Å². The fourth-order valence-corrected chi connectivity index (χ4v) is 16.3. The van der Waals surface area contributed by atoms with E-state index in [2.05, 4.69) is 119 Å². The van der Waals surface area contributed by atoms with Gasteiger partial charge in [-0.3, -0.25) is 0 Å². The number of furan rings is 1. The van der Waals surface area contributed by atoms with Gasteiger partial charge in [0, 0.05) is 49.4 Å². The number of aromatic nitrogens is 1. The predicted molar refractivity (Wildman–Crippen MR) is 249 cm³/mol. The highest BCUT2D eigenvalue weighted by Crippen LogP contribution is 2.63.